The van der Waals surface area contributed by atoms with Gasteiger partial charge in [-0.05, 0) is 11.5 Å². The number of nitrogens with one attached hydrogen (secondary N) is 2. The van der Waals surface area contributed by atoms with E-state index in [9.17, 15) is 4.79 Å². The first kappa shape index (κ1) is 12.5. The summed E-state index contributed by atoms with van der Waals surface area (Å²) in [6.45, 7) is 0. The van der Waals surface area contributed by atoms with Gasteiger partial charge in [-0.15, -0.1) is 10.2 Å². The van der Waals surface area contributed by atoms with Crippen molar-refractivity contribution in [2.24, 2.45) is 0 Å². The highest BCUT2D eigenvalue weighted by molar-refractivity contribution is 5.90. The van der Waals surface area contributed by atoms with E-state index in [1.807, 2.05) is 42.5 Å². The molecule has 0 spiro atoms. The molecule has 108 valence electrons. The number of H-pyrrole nitrogens is 2. The number of nitrogens with zero attached hydrogens (tertiary/aromatic N) is 5. The highest BCUT2D eigenvalue weighted by Gasteiger charge is 2.14. The van der Waals surface area contributed by atoms with Crippen molar-refractivity contribution in [1.82, 2.24) is 35.4 Å². The van der Waals surface area contributed by atoms with Gasteiger partial charge in [0.1, 0.15) is 5.82 Å². The van der Waals surface area contributed by atoms with Crippen LogP contribution in [-0.2, 0) is 6.42 Å². The summed E-state index contributed by atoms with van der Waals surface area (Å²) in [6, 6.07) is 13.7. The van der Waals surface area contributed by atoms with Crippen LogP contribution in [0.4, 0.5) is 0 Å². The van der Waals surface area contributed by atoms with Gasteiger partial charge >= 0.3 is 5.69 Å². The van der Waals surface area contributed by atoms with Crippen LogP contribution in [-0.4, -0.2) is 35.4 Å². The fourth-order valence-electron chi connectivity index (χ4n) is 2.50. The van der Waals surface area contributed by atoms with E-state index >= 15 is 0 Å². The molecule has 2 N–H and O–H groups in total. The minimum absolute atomic E-state index is 0.296. The lowest BCUT2D eigenvalue weighted by Gasteiger charge is -2.08. The van der Waals surface area contributed by atoms with Gasteiger partial charge < -0.3 is 0 Å². The molecular formula is C14H11N7O. The zero-order valence-corrected chi connectivity index (χ0v) is 11.4. The van der Waals surface area contributed by atoms with Gasteiger partial charge in [-0.2, -0.15) is 10.3 Å². The summed E-state index contributed by atoms with van der Waals surface area (Å²) in [7, 11) is 0. The van der Waals surface area contributed by atoms with E-state index in [-0.39, 0.29) is 5.69 Å². The van der Waals surface area contributed by atoms with Gasteiger partial charge in [0.2, 0.25) is 0 Å². The third kappa shape index (κ3) is 1.97. The van der Waals surface area contributed by atoms with Crippen molar-refractivity contribution in [3.05, 3.63) is 64.6 Å². The predicted octanol–water partition coefficient (Wildman–Crippen LogP) is 0.818. The summed E-state index contributed by atoms with van der Waals surface area (Å²) in [5.74, 6) is 1.00. The Morgan fingerprint density at radius 2 is 1.91 bits per heavy atom. The van der Waals surface area contributed by atoms with Gasteiger partial charge in [-0.1, -0.05) is 41.6 Å². The molecule has 8 heteroatoms. The highest BCUT2D eigenvalue weighted by Crippen LogP contribution is 2.22. The number of fused-ring (bicyclic) bond motifs is 1. The van der Waals surface area contributed by atoms with Gasteiger partial charge in [0.05, 0.1) is 12.1 Å². The summed E-state index contributed by atoms with van der Waals surface area (Å²) in [5, 5.41) is 22.3. The Balaban J connectivity index is 1.92. The third-order valence-corrected chi connectivity index (χ3v) is 3.45. The lowest BCUT2D eigenvalue weighted by atomic mass is 10.1. The summed E-state index contributed by atoms with van der Waals surface area (Å²) < 4.78 is 1.54. The lowest BCUT2D eigenvalue weighted by Crippen LogP contribution is -2.17. The molecule has 0 aliphatic carbocycles. The Hall–Kier alpha value is -3.29. The minimum Gasteiger partial charge on any atom is -0.246 e. The molecule has 0 saturated carbocycles. The predicted molar refractivity (Wildman–Crippen MR) is 78.7 cm³/mol. The highest BCUT2D eigenvalue weighted by atomic mass is 16.1. The fourth-order valence-corrected chi connectivity index (χ4v) is 2.50. The maximum absolute atomic E-state index is 12.2. The van der Waals surface area contributed by atoms with Gasteiger partial charge in [0.15, 0.2) is 5.82 Å². The molecule has 2 aromatic heterocycles. The Bertz CT molecular complexity index is 979. The van der Waals surface area contributed by atoms with E-state index in [0.29, 0.717) is 18.1 Å². The third-order valence-electron chi connectivity index (χ3n) is 3.45. The van der Waals surface area contributed by atoms with Crippen molar-refractivity contribution < 1.29 is 0 Å². The molecule has 4 aromatic rings. The summed E-state index contributed by atoms with van der Waals surface area (Å²) in [6.07, 6.45) is 0.304. The van der Waals surface area contributed by atoms with Crippen LogP contribution in [0, 0.1) is 0 Å². The summed E-state index contributed by atoms with van der Waals surface area (Å²) in [4.78, 5) is 12.2. The molecule has 22 heavy (non-hydrogen) atoms. The van der Waals surface area contributed by atoms with Crippen molar-refractivity contribution in [1.29, 1.82) is 0 Å². The number of aromatic nitrogens is 7. The van der Waals surface area contributed by atoms with Crippen LogP contribution in [0.1, 0.15) is 11.6 Å². The Morgan fingerprint density at radius 1 is 1.05 bits per heavy atom. The first-order valence-corrected chi connectivity index (χ1v) is 6.70. The van der Waals surface area contributed by atoms with Gasteiger partial charge in [-0.25, -0.2) is 14.5 Å². The van der Waals surface area contributed by atoms with Crippen LogP contribution in [0.25, 0.3) is 16.5 Å². The van der Waals surface area contributed by atoms with E-state index in [0.717, 1.165) is 16.5 Å². The van der Waals surface area contributed by atoms with Crippen molar-refractivity contribution >= 4 is 10.8 Å². The van der Waals surface area contributed by atoms with E-state index in [2.05, 4.69) is 30.8 Å². The molecule has 0 fully saturated rings. The van der Waals surface area contributed by atoms with Crippen LogP contribution in [0.2, 0.25) is 0 Å². The molecule has 4 rings (SSSR count). The molecule has 0 atom stereocenters. The van der Waals surface area contributed by atoms with E-state index < -0.39 is 0 Å². The Morgan fingerprint density at radius 3 is 2.77 bits per heavy atom. The van der Waals surface area contributed by atoms with Crippen LogP contribution >= 0.6 is 0 Å². The molecule has 0 radical (unpaired) electrons. The lowest BCUT2D eigenvalue weighted by molar-refractivity contribution is 0.852. The quantitative estimate of drug-likeness (QED) is 0.581. The molecule has 0 saturated heterocycles. The molecule has 8 nitrogen and oxygen atoms in total. The molecule has 2 heterocycles. The number of hydrogen-bond donors (Lipinski definition) is 2. The number of tetrazole rings is 1. The Labute approximate surface area is 123 Å². The molecule has 0 unspecified atom stereocenters. The second-order valence-electron chi connectivity index (χ2n) is 4.78. The van der Waals surface area contributed by atoms with Crippen molar-refractivity contribution in [3.8, 4) is 5.69 Å². The van der Waals surface area contributed by atoms with Gasteiger partial charge in [0, 0.05) is 5.39 Å². The van der Waals surface area contributed by atoms with Crippen molar-refractivity contribution in [2.45, 2.75) is 6.42 Å². The smallest absolute Gasteiger partial charge is 0.246 e. The SMILES string of the molecule is O=c1[nH]nc(Cc2nn[nH]n2)n1-c1cccc2ccccc12. The molecule has 0 aliphatic heterocycles. The second kappa shape index (κ2) is 4.92. The Kier molecular flexibility index (Phi) is 2.78. The van der Waals surface area contributed by atoms with Crippen LogP contribution in [0.15, 0.2) is 47.3 Å². The molecule has 0 amide bonds. The van der Waals surface area contributed by atoms with E-state index in [1.165, 1.54) is 0 Å². The molecule has 0 bridgehead atoms. The maximum atomic E-state index is 12.2. The van der Waals surface area contributed by atoms with E-state index in [1.54, 1.807) is 4.57 Å². The first-order valence-electron chi connectivity index (χ1n) is 6.70. The summed E-state index contributed by atoms with van der Waals surface area (Å²) >= 11 is 0. The average molecular weight is 293 g/mol. The standard InChI is InChI=1S/C14H11N7O/c22-14-18-17-13(8-12-15-19-20-16-12)21(14)11-7-3-5-9-4-1-2-6-10(9)11/h1-7H,8H2,(H,18,22)(H,15,16,19,20). The minimum atomic E-state index is -0.296. The number of benzene rings is 2. The molecule has 2 aromatic carbocycles. The maximum Gasteiger partial charge on any atom is 0.347 e. The zero-order chi connectivity index (χ0) is 14.9. The molecular weight excluding hydrogens is 282 g/mol. The summed E-state index contributed by atoms with van der Waals surface area (Å²) in [5.41, 5.74) is 0.477. The van der Waals surface area contributed by atoms with Crippen molar-refractivity contribution in [3.63, 3.8) is 0 Å². The second-order valence-corrected chi connectivity index (χ2v) is 4.78. The van der Waals surface area contributed by atoms with Crippen LogP contribution in [0.3, 0.4) is 0 Å². The average Bonchev–Trinajstić information content (AvgIpc) is 3.18. The zero-order valence-electron chi connectivity index (χ0n) is 11.4. The van der Waals surface area contributed by atoms with Crippen molar-refractivity contribution in [2.75, 3.05) is 0 Å². The number of aromatic amines is 2. The first-order chi connectivity index (χ1) is 10.8. The number of hydrogen-bond acceptors (Lipinski definition) is 5. The van der Waals surface area contributed by atoms with Crippen LogP contribution in [0.5, 0.6) is 0 Å². The van der Waals surface area contributed by atoms with Gasteiger partial charge in [0.25, 0.3) is 0 Å². The number of rotatable bonds is 3. The van der Waals surface area contributed by atoms with E-state index in [4.69, 9.17) is 0 Å². The topological polar surface area (TPSA) is 105 Å². The van der Waals surface area contributed by atoms with Crippen LogP contribution < -0.4 is 5.69 Å². The fraction of sp³-hybridized carbons (Fsp3) is 0.0714. The monoisotopic (exact) mass is 293 g/mol. The molecule has 0 aliphatic rings. The normalized spacial score (nSPS) is 11.1. The largest absolute Gasteiger partial charge is 0.347 e. The van der Waals surface area contributed by atoms with Gasteiger partial charge in [-0.3, -0.25) is 0 Å².